The van der Waals surface area contributed by atoms with Crippen LogP contribution in [0, 0.1) is 0 Å². The number of carbonyl (C=O) groups is 1. The monoisotopic (exact) mass is 528 g/mol. The van der Waals surface area contributed by atoms with Crippen molar-refractivity contribution in [3.05, 3.63) is 111 Å². The van der Waals surface area contributed by atoms with Crippen molar-refractivity contribution in [2.75, 3.05) is 5.32 Å². The highest BCUT2D eigenvalue weighted by molar-refractivity contribution is 7.16. The number of benzene rings is 3. The van der Waals surface area contributed by atoms with Crippen LogP contribution in [-0.4, -0.2) is 12.1 Å². The molecule has 1 aliphatic carbocycles. The molecule has 6 heteroatoms. The van der Waals surface area contributed by atoms with Crippen molar-refractivity contribution in [3.8, 4) is 5.75 Å². The first-order chi connectivity index (χ1) is 18.2. The number of ether oxygens (including phenoxy) is 1. The molecule has 0 fully saturated rings. The van der Waals surface area contributed by atoms with Gasteiger partial charge in [0.15, 0.2) is 0 Å². The fraction of sp³-hybridized carbons (Fsp3) is 0.226. The van der Waals surface area contributed by atoms with Gasteiger partial charge in [-0.25, -0.2) is 4.99 Å². The molecule has 0 unspecified atom stereocenters. The lowest BCUT2D eigenvalue weighted by Crippen LogP contribution is -2.14. The van der Waals surface area contributed by atoms with Crippen molar-refractivity contribution in [3.63, 3.8) is 0 Å². The highest BCUT2D eigenvalue weighted by Gasteiger charge is 2.24. The maximum absolute atomic E-state index is 13.4. The normalized spacial score (nSPS) is 13.5. The number of anilines is 1. The molecule has 188 valence electrons. The second-order valence-corrected chi connectivity index (χ2v) is 10.7. The number of halogens is 1. The number of amides is 1. The summed E-state index contributed by atoms with van der Waals surface area (Å²) in [6.45, 7) is 0.477. The Labute approximate surface area is 227 Å². The number of aryl methyl sites for hydroxylation is 1. The molecule has 0 bridgehead atoms. The Morgan fingerprint density at radius 2 is 1.65 bits per heavy atom. The first kappa shape index (κ1) is 25.2. The second-order valence-electron chi connectivity index (χ2n) is 9.16. The quantitative estimate of drug-likeness (QED) is 0.244. The smallest absolute Gasteiger partial charge is 0.259 e. The van der Waals surface area contributed by atoms with Gasteiger partial charge in [-0.2, -0.15) is 0 Å². The summed E-state index contributed by atoms with van der Waals surface area (Å²) in [7, 11) is 0. The summed E-state index contributed by atoms with van der Waals surface area (Å²) in [6, 6.07) is 25.1. The third-order valence-electron chi connectivity index (χ3n) is 6.44. The lowest BCUT2D eigenvalue weighted by Gasteiger charge is -2.12. The molecule has 0 saturated heterocycles. The first-order valence-corrected chi connectivity index (χ1v) is 13.9. The fourth-order valence-corrected chi connectivity index (χ4v) is 5.83. The molecule has 1 aromatic heterocycles. The van der Waals surface area contributed by atoms with Crippen molar-refractivity contribution in [1.29, 1.82) is 0 Å². The van der Waals surface area contributed by atoms with Gasteiger partial charge in [0.05, 0.1) is 5.56 Å². The number of aliphatic imine (C=N–C) groups is 1. The molecule has 1 N–H and O–H groups in total. The van der Waals surface area contributed by atoms with Gasteiger partial charge in [-0.3, -0.25) is 4.79 Å². The molecular weight excluding hydrogens is 500 g/mol. The Balaban J connectivity index is 1.34. The van der Waals surface area contributed by atoms with Crippen LogP contribution in [0.1, 0.15) is 57.6 Å². The van der Waals surface area contributed by atoms with E-state index in [1.165, 1.54) is 23.3 Å². The maximum atomic E-state index is 13.4. The highest BCUT2D eigenvalue weighted by Crippen LogP contribution is 2.39. The molecule has 3 aromatic carbocycles. The molecule has 4 aromatic rings. The minimum Gasteiger partial charge on any atom is -0.489 e. The summed E-state index contributed by atoms with van der Waals surface area (Å²) in [5, 5.41) is 4.57. The molecule has 5 rings (SSSR count). The van der Waals surface area contributed by atoms with Gasteiger partial charge in [-0.1, -0.05) is 54.8 Å². The number of nitrogens with one attached hydrogen (secondary N) is 1. The first-order valence-electron chi connectivity index (χ1n) is 12.7. The number of thiophene rings is 1. The van der Waals surface area contributed by atoms with Crippen LogP contribution in [0.15, 0.2) is 83.9 Å². The topological polar surface area (TPSA) is 50.7 Å². The number of para-hydroxylation sites is 1. The SMILES string of the molecule is O=C(Nc1ccccc1)c1c(N=Cc2ccc(OCc3ccc(Cl)cc3)cc2)sc2c1CCCCCC2. The molecule has 1 aliphatic rings. The Bertz CT molecular complexity index is 1360. The molecule has 4 nitrogen and oxygen atoms in total. The van der Waals surface area contributed by atoms with E-state index < -0.39 is 0 Å². The van der Waals surface area contributed by atoms with E-state index in [0.29, 0.717) is 11.6 Å². The average Bonchev–Trinajstić information content (AvgIpc) is 3.24. The Morgan fingerprint density at radius 3 is 2.41 bits per heavy atom. The number of rotatable bonds is 7. The summed E-state index contributed by atoms with van der Waals surface area (Å²) in [5.74, 6) is 0.705. The molecule has 0 atom stereocenters. The molecule has 0 saturated carbocycles. The van der Waals surface area contributed by atoms with Crippen molar-refractivity contribution in [1.82, 2.24) is 0 Å². The van der Waals surface area contributed by atoms with E-state index in [2.05, 4.69) is 5.32 Å². The van der Waals surface area contributed by atoms with E-state index >= 15 is 0 Å². The summed E-state index contributed by atoms with van der Waals surface area (Å²) in [4.78, 5) is 19.5. The van der Waals surface area contributed by atoms with E-state index in [1.807, 2.05) is 85.1 Å². The predicted molar refractivity (Wildman–Crippen MR) is 154 cm³/mol. The van der Waals surface area contributed by atoms with E-state index in [-0.39, 0.29) is 5.91 Å². The van der Waals surface area contributed by atoms with Gasteiger partial charge in [-0.15, -0.1) is 11.3 Å². The van der Waals surface area contributed by atoms with Gasteiger partial charge in [0, 0.05) is 21.8 Å². The van der Waals surface area contributed by atoms with Gasteiger partial charge in [0.25, 0.3) is 5.91 Å². The molecule has 1 amide bonds. The van der Waals surface area contributed by atoms with Crippen molar-refractivity contribution in [2.45, 2.75) is 45.1 Å². The molecule has 0 spiro atoms. The standard InChI is InChI=1S/C31H29ClN2O2S/c32-24-16-12-23(13-17-24)21-36-26-18-14-22(15-19-26)20-33-31-29(30(35)34-25-8-4-3-5-9-25)27-10-6-1-2-7-11-28(27)37-31/h3-5,8-9,12-20H,1-2,6-7,10-11,21H2,(H,34,35). The third kappa shape index (κ3) is 6.68. The molecule has 1 heterocycles. The van der Waals surface area contributed by atoms with Crippen LogP contribution in [0.4, 0.5) is 10.7 Å². The molecule has 37 heavy (non-hydrogen) atoms. The number of hydrogen-bond donors (Lipinski definition) is 1. The molecule has 0 radical (unpaired) electrons. The van der Waals surface area contributed by atoms with Crippen LogP contribution in [-0.2, 0) is 19.4 Å². The Kier molecular flexibility index (Phi) is 8.34. The zero-order chi connectivity index (χ0) is 25.5. The minimum absolute atomic E-state index is 0.0811. The molecular formula is C31H29ClN2O2S. The van der Waals surface area contributed by atoms with Gasteiger partial charge < -0.3 is 10.1 Å². The van der Waals surface area contributed by atoms with Crippen LogP contribution in [0.3, 0.4) is 0 Å². The van der Waals surface area contributed by atoms with Crippen LogP contribution in [0.2, 0.25) is 5.02 Å². The largest absolute Gasteiger partial charge is 0.489 e. The average molecular weight is 529 g/mol. The second kappa shape index (κ2) is 12.2. The van der Waals surface area contributed by atoms with Crippen LogP contribution >= 0.6 is 22.9 Å². The minimum atomic E-state index is -0.0811. The lowest BCUT2D eigenvalue weighted by molar-refractivity contribution is 0.102. The summed E-state index contributed by atoms with van der Waals surface area (Å²) >= 11 is 7.61. The van der Waals surface area contributed by atoms with Crippen LogP contribution in [0.5, 0.6) is 5.75 Å². The van der Waals surface area contributed by atoms with Crippen molar-refractivity contribution in [2.24, 2.45) is 4.99 Å². The molecule has 0 aliphatic heterocycles. The van der Waals surface area contributed by atoms with Crippen molar-refractivity contribution >= 4 is 45.7 Å². The van der Waals surface area contributed by atoms with Crippen LogP contribution in [0.25, 0.3) is 0 Å². The Morgan fingerprint density at radius 1 is 0.919 bits per heavy atom. The fourth-order valence-electron chi connectivity index (χ4n) is 4.48. The number of carbonyl (C=O) groups excluding carboxylic acids is 1. The Hall–Kier alpha value is -3.41. The zero-order valence-corrected chi connectivity index (χ0v) is 22.2. The van der Waals surface area contributed by atoms with Crippen LogP contribution < -0.4 is 10.1 Å². The number of fused-ring (bicyclic) bond motifs is 1. The van der Waals surface area contributed by atoms with Gasteiger partial charge in [-0.05, 0) is 90.9 Å². The third-order valence-corrected chi connectivity index (χ3v) is 7.89. The summed E-state index contributed by atoms with van der Waals surface area (Å²) in [6.07, 6.45) is 8.50. The lowest BCUT2D eigenvalue weighted by atomic mass is 9.96. The van der Waals surface area contributed by atoms with Gasteiger partial charge in [0.1, 0.15) is 17.4 Å². The summed E-state index contributed by atoms with van der Waals surface area (Å²) < 4.78 is 5.90. The zero-order valence-electron chi connectivity index (χ0n) is 20.6. The maximum Gasteiger partial charge on any atom is 0.259 e. The van der Waals surface area contributed by atoms with Gasteiger partial charge >= 0.3 is 0 Å². The van der Waals surface area contributed by atoms with E-state index in [4.69, 9.17) is 21.3 Å². The van der Waals surface area contributed by atoms with E-state index in [9.17, 15) is 4.79 Å². The number of nitrogens with zero attached hydrogens (tertiary/aromatic N) is 1. The van der Waals surface area contributed by atoms with E-state index in [1.54, 1.807) is 11.3 Å². The predicted octanol–water partition coefficient (Wildman–Crippen LogP) is 8.64. The van der Waals surface area contributed by atoms with Gasteiger partial charge in [0.2, 0.25) is 0 Å². The number of hydrogen-bond acceptors (Lipinski definition) is 4. The highest BCUT2D eigenvalue weighted by atomic mass is 35.5. The summed E-state index contributed by atoms with van der Waals surface area (Å²) in [5.41, 5.74) is 4.71. The van der Waals surface area contributed by atoms with E-state index in [0.717, 1.165) is 58.8 Å². The van der Waals surface area contributed by atoms with Crippen molar-refractivity contribution < 1.29 is 9.53 Å².